The van der Waals surface area contributed by atoms with Gasteiger partial charge in [-0.15, -0.1) is 0 Å². The van der Waals surface area contributed by atoms with Crippen molar-refractivity contribution >= 4 is 5.82 Å². The molecular formula is C21H17FN4O2. The van der Waals surface area contributed by atoms with Crippen LogP contribution in [0, 0.1) is 5.82 Å². The Hall–Kier alpha value is -3.74. The standard InChI is InChI=1S/C21H17FN4O2/c22-18-10-15(12-25-21(18)27-13-14-5-2-1-3-6-14)9-16-11-19(28-26-16)17-7-4-8-24-20(17)23/h1-8,10-12H,9,13H2,(H2,23,24). The summed E-state index contributed by atoms with van der Waals surface area (Å²) in [5.74, 6) is 0.319. The number of benzene rings is 1. The number of hydrogen-bond acceptors (Lipinski definition) is 6. The zero-order valence-electron chi connectivity index (χ0n) is 14.9. The first kappa shape index (κ1) is 17.7. The summed E-state index contributed by atoms with van der Waals surface area (Å²) in [4.78, 5) is 8.11. The minimum Gasteiger partial charge on any atom is -0.471 e. The molecule has 140 valence electrons. The van der Waals surface area contributed by atoms with Gasteiger partial charge in [0, 0.05) is 24.9 Å². The Morgan fingerprint density at radius 1 is 1.00 bits per heavy atom. The van der Waals surface area contributed by atoms with E-state index in [1.165, 1.54) is 6.07 Å². The Bertz CT molecular complexity index is 1080. The molecule has 0 fully saturated rings. The third kappa shape index (κ3) is 3.98. The lowest BCUT2D eigenvalue weighted by Crippen LogP contribution is -2.01. The molecule has 3 heterocycles. The van der Waals surface area contributed by atoms with E-state index in [1.807, 2.05) is 30.3 Å². The normalized spacial score (nSPS) is 10.8. The van der Waals surface area contributed by atoms with Crippen LogP contribution < -0.4 is 10.5 Å². The van der Waals surface area contributed by atoms with Gasteiger partial charge in [-0.2, -0.15) is 0 Å². The Morgan fingerprint density at radius 3 is 2.64 bits per heavy atom. The molecule has 4 rings (SSSR count). The number of rotatable bonds is 6. The minimum absolute atomic E-state index is 0.0309. The second-order valence-corrected chi connectivity index (χ2v) is 6.20. The van der Waals surface area contributed by atoms with Crippen LogP contribution in [0.3, 0.4) is 0 Å². The maximum Gasteiger partial charge on any atom is 0.250 e. The lowest BCUT2D eigenvalue weighted by molar-refractivity contribution is 0.277. The van der Waals surface area contributed by atoms with E-state index in [-0.39, 0.29) is 12.5 Å². The molecule has 0 atom stereocenters. The number of pyridine rings is 2. The van der Waals surface area contributed by atoms with Crippen LogP contribution >= 0.6 is 0 Å². The van der Waals surface area contributed by atoms with Crippen molar-refractivity contribution in [3.05, 3.63) is 89.6 Å². The second kappa shape index (κ2) is 7.87. The van der Waals surface area contributed by atoms with Crippen LogP contribution in [0.5, 0.6) is 5.88 Å². The topological polar surface area (TPSA) is 87.1 Å². The van der Waals surface area contributed by atoms with Crippen LogP contribution in [0.25, 0.3) is 11.3 Å². The van der Waals surface area contributed by atoms with Crippen LogP contribution in [0.2, 0.25) is 0 Å². The van der Waals surface area contributed by atoms with Crippen molar-refractivity contribution in [2.24, 2.45) is 0 Å². The Kier molecular flexibility index (Phi) is 4.97. The molecule has 6 nitrogen and oxygen atoms in total. The quantitative estimate of drug-likeness (QED) is 0.547. The van der Waals surface area contributed by atoms with Crippen molar-refractivity contribution in [1.82, 2.24) is 15.1 Å². The molecule has 0 spiro atoms. The SMILES string of the molecule is Nc1ncccc1-c1cc(Cc2cnc(OCc3ccccc3)c(F)c2)no1. The molecule has 0 aliphatic rings. The highest BCUT2D eigenvalue weighted by atomic mass is 19.1. The molecule has 0 radical (unpaired) electrons. The number of anilines is 1. The Morgan fingerprint density at radius 2 is 1.86 bits per heavy atom. The van der Waals surface area contributed by atoms with Crippen molar-refractivity contribution in [3.63, 3.8) is 0 Å². The molecule has 7 heteroatoms. The first-order valence-corrected chi connectivity index (χ1v) is 8.66. The first-order chi connectivity index (χ1) is 13.7. The Balaban J connectivity index is 1.44. The van der Waals surface area contributed by atoms with Crippen LogP contribution in [0.15, 0.2) is 71.5 Å². The summed E-state index contributed by atoms with van der Waals surface area (Å²) in [6, 6.07) is 16.2. The number of nitrogens with zero attached hydrogens (tertiary/aromatic N) is 3. The zero-order chi connectivity index (χ0) is 19.3. The number of nitrogens with two attached hydrogens (primary N) is 1. The van der Waals surface area contributed by atoms with E-state index in [0.29, 0.717) is 34.8 Å². The molecule has 0 amide bonds. The van der Waals surface area contributed by atoms with Gasteiger partial charge in [-0.3, -0.25) is 0 Å². The van der Waals surface area contributed by atoms with Gasteiger partial charge in [0.05, 0.1) is 11.3 Å². The van der Waals surface area contributed by atoms with Gasteiger partial charge in [0.25, 0.3) is 5.88 Å². The maximum absolute atomic E-state index is 14.3. The van der Waals surface area contributed by atoms with Crippen LogP contribution in [0.4, 0.5) is 10.2 Å². The fourth-order valence-electron chi connectivity index (χ4n) is 2.75. The van der Waals surface area contributed by atoms with E-state index in [9.17, 15) is 4.39 Å². The van der Waals surface area contributed by atoms with Crippen molar-refractivity contribution in [2.45, 2.75) is 13.0 Å². The van der Waals surface area contributed by atoms with Crippen molar-refractivity contribution in [3.8, 4) is 17.2 Å². The molecule has 0 saturated carbocycles. The highest BCUT2D eigenvalue weighted by Crippen LogP contribution is 2.25. The number of aromatic nitrogens is 3. The third-order valence-electron chi connectivity index (χ3n) is 4.13. The van der Waals surface area contributed by atoms with E-state index in [0.717, 1.165) is 5.56 Å². The second-order valence-electron chi connectivity index (χ2n) is 6.20. The van der Waals surface area contributed by atoms with Crippen molar-refractivity contribution in [2.75, 3.05) is 5.73 Å². The summed E-state index contributed by atoms with van der Waals surface area (Å²) in [5, 5.41) is 4.02. The van der Waals surface area contributed by atoms with Gasteiger partial charge in [0.1, 0.15) is 12.4 Å². The lowest BCUT2D eigenvalue weighted by atomic mass is 10.1. The number of ether oxygens (including phenoxy) is 1. The maximum atomic E-state index is 14.3. The highest BCUT2D eigenvalue weighted by Gasteiger charge is 2.12. The van der Waals surface area contributed by atoms with Gasteiger partial charge >= 0.3 is 0 Å². The van der Waals surface area contributed by atoms with Gasteiger partial charge < -0.3 is 15.0 Å². The fraction of sp³-hybridized carbons (Fsp3) is 0.0952. The van der Waals surface area contributed by atoms with E-state index >= 15 is 0 Å². The third-order valence-corrected chi connectivity index (χ3v) is 4.13. The number of halogens is 1. The molecule has 0 aliphatic carbocycles. The smallest absolute Gasteiger partial charge is 0.250 e. The Labute approximate surface area is 160 Å². The summed E-state index contributed by atoms with van der Waals surface area (Å²) >= 11 is 0. The largest absolute Gasteiger partial charge is 0.471 e. The molecule has 0 bridgehead atoms. The first-order valence-electron chi connectivity index (χ1n) is 8.66. The van der Waals surface area contributed by atoms with Crippen LogP contribution in [-0.2, 0) is 13.0 Å². The molecular weight excluding hydrogens is 359 g/mol. The molecule has 0 aliphatic heterocycles. The van der Waals surface area contributed by atoms with Gasteiger partial charge in [-0.1, -0.05) is 35.5 Å². The minimum atomic E-state index is -0.520. The predicted octanol–water partition coefficient (Wildman–Crippen LogP) is 4.02. The summed E-state index contributed by atoms with van der Waals surface area (Å²) in [7, 11) is 0. The summed E-state index contributed by atoms with van der Waals surface area (Å²) in [6.45, 7) is 0.253. The molecule has 0 unspecified atom stereocenters. The zero-order valence-corrected chi connectivity index (χ0v) is 14.9. The summed E-state index contributed by atoms with van der Waals surface area (Å²) in [5.41, 5.74) is 8.75. The summed E-state index contributed by atoms with van der Waals surface area (Å²) < 4.78 is 25.1. The van der Waals surface area contributed by atoms with Crippen LogP contribution in [-0.4, -0.2) is 15.1 Å². The van der Waals surface area contributed by atoms with Gasteiger partial charge in [-0.05, 0) is 29.3 Å². The van der Waals surface area contributed by atoms with Crippen molar-refractivity contribution < 1.29 is 13.7 Å². The van der Waals surface area contributed by atoms with E-state index in [2.05, 4.69) is 15.1 Å². The summed E-state index contributed by atoms with van der Waals surface area (Å²) in [6.07, 6.45) is 3.54. The average molecular weight is 376 g/mol. The highest BCUT2D eigenvalue weighted by molar-refractivity contribution is 5.69. The predicted molar refractivity (Wildman–Crippen MR) is 102 cm³/mol. The van der Waals surface area contributed by atoms with Gasteiger partial charge in [0.2, 0.25) is 0 Å². The lowest BCUT2D eigenvalue weighted by Gasteiger charge is -2.07. The monoisotopic (exact) mass is 376 g/mol. The number of nitrogen functional groups attached to an aromatic ring is 1. The van der Waals surface area contributed by atoms with Crippen molar-refractivity contribution in [1.29, 1.82) is 0 Å². The molecule has 4 aromatic rings. The molecule has 2 N–H and O–H groups in total. The fourth-order valence-corrected chi connectivity index (χ4v) is 2.75. The van der Waals surface area contributed by atoms with Crippen LogP contribution in [0.1, 0.15) is 16.8 Å². The van der Waals surface area contributed by atoms with E-state index in [4.69, 9.17) is 15.0 Å². The van der Waals surface area contributed by atoms with Gasteiger partial charge in [0.15, 0.2) is 11.6 Å². The molecule has 3 aromatic heterocycles. The molecule has 1 aromatic carbocycles. The van der Waals surface area contributed by atoms with Gasteiger partial charge in [-0.25, -0.2) is 14.4 Å². The molecule has 28 heavy (non-hydrogen) atoms. The van der Waals surface area contributed by atoms with E-state index < -0.39 is 5.82 Å². The van der Waals surface area contributed by atoms with E-state index in [1.54, 1.807) is 30.6 Å². The average Bonchev–Trinajstić information content (AvgIpc) is 3.17. The molecule has 0 saturated heterocycles. The number of hydrogen-bond donors (Lipinski definition) is 1.